The number of hydrogen-bond donors (Lipinski definition) is 0. The molecule has 1 unspecified atom stereocenters. The molecule has 3 aromatic rings. The fourth-order valence-corrected chi connectivity index (χ4v) is 3.60. The average molecular weight is 542 g/mol. The quantitative estimate of drug-likeness (QED) is 0.170. The summed E-state index contributed by atoms with van der Waals surface area (Å²) in [6.45, 7) is 8.78. The molecule has 8 heteroatoms. The number of allylic oxidation sites excluding steroid dienone is 4. The largest absolute Gasteiger partial charge is 0.494 e. The highest BCUT2D eigenvalue weighted by Gasteiger charge is 2.29. The molecule has 0 bridgehead atoms. The lowest BCUT2D eigenvalue weighted by Gasteiger charge is -2.07. The number of hydrogen-bond acceptors (Lipinski definition) is 3. The van der Waals surface area contributed by atoms with Gasteiger partial charge in [0.2, 0.25) is 5.90 Å². The molecule has 1 aliphatic heterocycles. The Kier molecular flexibility index (Phi) is 10.2. The predicted molar refractivity (Wildman–Crippen MR) is 143 cm³/mol. The minimum atomic E-state index is -4.21. The van der Waals surface area contributed by atoms with Crippen LogP contribution < -0.4 is 0 Å². The first-order chi connectivity index (χ1) is 18.6. The molecule has 3 nitrogen and oxygen atoms in total. The van der Waals surface area contributed by atoms with Gasteiger partial charge in [-0.15, -0.1) is 0 Å². The molecule has 0 N–H and O–H groups in total. The summed E-state index contributed by atoms with van der Waals surface area (Å²) >= 11 is 0. The molecule has 0 fully saturated rings. The summed E-state index contributed by atoms with van der Waals surface area (Å²) in [7, 11) is 0. The van der Waals surface area contributed by atoms with Gasteiger partial charge in [-0.3, -0.25) is 0 Å². The normalized spacial score (nSPS) is 15.3. The lowest BCUT2D eigenvalue weighted by molar-refractivity contribution is -0.137. The minimum Gasteiger partial charge on any atom is -0.494 e. The Balaban J connectivity index is 0.000000353. The first kappa shape index (κ1) is 29.4. The number of aliphatic imine (C=N–C) groups is 1. The van der Waals surface area contributed by atoms with E-state index < -0.39 is 23.4 Å². The van der Waals surface area contributed by atoms with Gasteiger partial charge in [-0.25, -0.2) is 13.8 Å². The second-order valence-electron chi connectivity index (χ2n) is 8.33. The monoisotopic (exact) mass is 541 g/mol. The highest BCUT2D eigenvalue weighted by molar-refractivity contribution is 5.95. The summed E-state index contributed by atoms with van der Waals surface area (Å²) in [5, 5.41) is 0. The van der Waals surface area contributed by atoms with E-state index in [1.165, 1.54) is 30.3 Å². The molecule has 204 valence electrons. The molecule has 39 heavy (non-hydrogen) atoms. The topological polar surface area (TPSA) is 30.8 Å². The third kappa shape index (κ3) is 8.14. The SMILES string of the molecule is C=C(/C=C\C(=C/C)OCC)c1ccc(C2COC(c3c(F)cccc3F)=N2)cc1.FC(F)(F)c1ccccc1. The average Bonchev–Trinajstić information content (AvgIpc) is 3.41. The lowest BCUT2D eigenvalue weighted by atomic mass is 10.0. The molecular formula is C31H28F5NO2. The first-order valence-electron chi connectivity index (χ1n) is 12.2. The molecule has 1 atom stereocenters. The van der Waals surface area contributed by atoms with Crippen molar-refractivity contribution in [2.24, 2.45) is 4.99 Å². The van der Waals surface area contributed by atoms with Crippen molar-refractivity contribution in [2.45, 2.75) is 26.1 Å². The second kappa shape index (κ2) is 13.6. The zero-order chi connectivity index (χ0) is 28.4. The fourth-order valence-electron chi connectivity index (χ4n) is 3.60. The van der Waals surface area contributed by atoms with Crippen molar-refractivity contribution in [2.75, 3.05) is 13.2 Å². The Labute approximate surface area is 224 Å². The van der Waals surface area contributed by atoms with E-state index in [2.05, 4.69) is 11.6 Å². The first-order valence-corrected chi connectivity index (χ1v) is 12.2. The van der Waals surface area contributed by atoms with Crippen molar-refractivity contribution >= 4 is 11.5 Å². The molecule has 0 spiro atoms. The van der Waals surface area contributed by atoms with E-state index in [9.17, 15) is 22.0 Å². The van der Waals surface area contributed by atoms with Gasteiger partial charge in [0.05, 0.1) is 12.2 Å². The van der Waals surface area contributed by atoms with Crippen LogP contribution in [0.4, 0.5) is 22.0 Å². The summed E-state index contributed by atoms with van der Waals surface area (Å²) in [6, 6.07) is 17.5. The number of nitrogens with zero attached hydrogens (tertiary/aromatic N) is 1. The summed E-state index contributed by atoms with van der Waals surface area (Å²) in [5.41, 5.74) is 1.88. The zero-order valence-electron chi connectivity index (χ0n) is 21.5. The number of rotatable bonds is 7. The number of ether oxygens (including phenoxy) is 2. The van der Waals surface area contributed by atoms with E-state index >= 15 is 0 Å². The standard InChI is InChI=1S/C24H23F2NO2.C7H5F3/c1-4-19(28-5-2)14-9-16(3)17-10-12-18(13-11-17)22-15-29-24(27-22)23-20(25)7-6-8-21(23)26;8-7(9,10)6-4-2-1-3-5-6/h4,6-14,22H,3,5,15H2,1-2H3;1-5H/b14-9-,19-4+;. The Bertz CT molecular complexity index is 1320. The van der Waals surface area contributed by atoms with Crippen molar-refractivity contribution in [3.05, 3.63) is 137 Å². The molecule has 0 saturated carbocycles. The Hall–Kier alpha value is -4.20. The van der Waals surface area contributed by atoms with Gasteiger partial charge in [0, 0.05) is 0 Å². The van der Waals surface area contributed by atoms with Crippen LogP contribution in [0, 0.1) is 11.6 Å². The third-order valence-electron chi connectivity index (χ3n) is 5.64. The van der Waals surface area contributed by atoms with Crippen LogP contribution in [0.15, 0.2) is 108 Å². The molecule has 0 saturated heterocycles. The van der Waals surface area contributed by atoms with Gasteiger partial charge in [-0.2, -0.15) is 13.2 Å². The molecule has 0 radical (unpaired) electrons. The van der Waals surface area contributed by atoms with E-state index in [-0.39, 0.29) is 24.1 Å². The van der Waals surface area contributed by atoms with E-state index in [1.54, 1.807) is 6.07 Å². The maximum absolute atomic E-state index is 13.9. The number of halogens is 5. The van der Waals surface area contributed by atoms with Gasteiger partial charge in [-0.05, 0) is 54.8 Å². The minimum absolute atomic E-state index is 0.00294. The molecule has 0 aromatic heterocycles. The molecule has 1 heterocycles. The number of alkyl halides is 3. The zero-order valence-corrected chi connectivity index (χ0v) is 21.5. The van der Waals surface area contributed by atoms with Crippen LogP contribution in [-0.2, 0) is 15.7 Å². The summed E-state index contributed by atoms with van der Waals surface area (Å²) in [5.74, 6) is -0.585. The van der Waals surface area contributed by atoms with Crippen LogP contribution in [0.2, 0.25) is 0 Å². The summed E-state index contributed by atoms with van der Waals surface area (Å²) in [4.78, 5) is 4.37. The smallest absolute Gasteiger partial charge is 0.416 e. The highest BCUT2D eigenvalue weighted by Crippen LogP contribution is 2.29. The van der Waals surface area contributed by atoms with Crippen molar-refractivity contribution < 1.29 is 31.4 Å². The van der Waals surface area contributed by atoms with E-state index in [4.69, 9.17) is 9.47 Å². The number of benzene rings is 3. The van der Waals surface area contributed by atoms with E-state index in [0.717, 1.165) is 34.6 Å². The third-order valence-corrected chi connectivity index (χ3v) is 5.64. The van der Waals surface area contributed by atoms with Crippen LogP contribution in [0.5, 0.6) is 0 Å². The fraction of sp³-hybridized carbons (Fsp3) is 0.194. The molecule has 0 aliphatic carbocycles. The lowest BCUT2D eigenvalue weighted by Crippen LogP contribution is -2.07. The van der Waals surface area contributed by atoms with E-state index in [1.807, 2.05) is 56.3 Å². The van der Waals surface area contributed by atoms with Gasteiger partial charge in [0.1, 0.15) is 35.6 Å². The van der Waals surface area contributed by atoms with Gasteiger partial charge >= 0.3 is 6.18 Å². The Morgan fingerprint density at radius 2 is 1.62 bits per heavy atom. The second-order valence-corrected chi connectivity index (χ2v) is 8.33. The Morgan fingerprint density at radius 3 is 2.15 bits per heavy atom. The highest BCUT2D eigenvalue weighted by atomic mass is 19.4. The van der Waals surface area contributed by atoms with Gasteiger partial charge in [0.15, 0.2) is 0 Å². The summed E-state index contributed by atoms with van der Waals surface area (Å²) in [6.07, 6.45) is 1.46. The van der Waals surface area contributed by atoms with Gasteiger partial charge < -0.3 is 9.47 Å². The molecule has 4 rings (SSSR count). The van der Waals surface area contributed by atoms with Gasteiger partial charge in [0.25, 0.3) is 0 Å². The van der Waals surface area contributed by atoms with Crippen molar-refractivity contribution in [3.63, 3.8) is 0 Å². The van der Waals surface area contributed by atoms with E-state index in [0.29, 0.717) is 6.61 Å². The van der Waals surface area contributed by atoms with Crippen molar-refractivity contribution in [3.8, 4) is 0 Å². The van der Waals surface area contributed by atoms with Crippen LogP contribution in [0.25, 0.3) is 5.57 Å². The molecular weight excluding hydrogens is 513 g/mol. The van der Waals surface area contributed by atoms with Crippen LogP contribution in [-0.4, -0.2) is 19.1 Å². The maximum Gasteiger partial charge on any atom is 0.416 e. The molecule has 0 amide bonds. The Morgan fingerprint density at radius 1 is 0.974 bits per heavy atom. The van der Waals surface area contributed by atoms with Crippen LogP contribution in [0.1, 0.15) is 42.1 Å². The van der Waals surface area contributed by atoms with Gasteiger partial charge in [-0.1, -0.05) is 73.3 Å². The predicted octanol–water partition coefficient (Wildman–Crippen LogP) is 8.70. The molecule has 1 aliphatic rings. The van der Waals surface area contributed by atoms with Crippen LogP contribution >= 0.6 is 0 Å². The maximum atomic E-state index is 13.9. The summed E-state index contributed by atoms with van der Waals surface area (Å²) < 4.78 is 74.2. The van der Waals surface area contributed by atoms with Crippen LogP contribution in [0.3, 0.4) is 0 Å². The molecule has 3 aromatic carbocycles. The van der Waals surface area contributed by atoms with Crippen molar-refractivity contribution in [1.29, 1.82) is 0 Å². The van der Waals surface area contributed by atoms with Crippen molar-refractivity contribution in [1.82, 2.24) is 0 Å².